The number of halogens is 1. The monoisotopic (exact) mass is 511 g/mol. The van der Waals surface area contributed by atoms with Gasteiger partial charge < -0.3 is 24.2 Å². The van der Waals surface area contributed by atoms with E-state index in [-0.39, 0.29) is 23.4 Å². The fourth-order valence-electron chi connectivity index (χ4n) is 6.49. The van der Waals surface area contributed by atoms with Crippen molar-refractivity contribution in [2.24, 2.45) is 11.3 Å². The molecule has 1 aromatic carbocycles. The molecule has 0 atom stereocenters. The van der Waals surface area contributed by atoms with Crippen LogP contribution in [0.15, 0.2) is 47.6 Å². The van der Waals surface area contributed by atoms with Crippen molar-refractivity contribution < 1.29 is 23.5 Å². The number of amides is 2. The molecular formula is C29H38FN3O4. The minimum atomic E-state index is -0.368. The first kappa shape index (κ1) is 25.8. The van der Waals surface area contributed by atoms with Crippen molar-refractivity contribution in [2.75, 3.05) is 52.4 Å². The van der Waals surface area contributed by atoms with Crippen LogP contribution in [0.5, 0.6) is 5.75 Å². The molecule has 0 aromatic heterocycles. The van der Waals surface area contributed by atoms with Crippen LogP contribution in [-0.4, -0.2) is 79.3 Å². The largest absolute Gasteiger partial charge is 0.450 e. The summed E-state index contributed by atoms with van der Waals surface area (Å²) in [6.07, 6.45) is 10.1. The average molecular weight is 512 g/mol. The summed E-state index contributed by atoms with van der Waals surface area (Å²) < 4.78 is 24.0. The molecule has 8 heteroatoms. The lowest BCUT2D eigenvalue weighted by Gasteiger charge is -2.50. The molecule has 200 valence electrons. The third kappa shape index (κ3) is 5.84. The van der Waals surface area contributed by atoms with Gasteiger partial charge in [-0.3, -0.25) is 0 Å². The summed E-state index contributed by atoms with van der Waals surface area (Å²) in [6.45, 7) is 8.14. The van der Waals surface area contributed by atoms with Gasteiger partial charge in [0, 0.05) is 38.1 Å². The molecule has 2 amide bonds. The van der Waals surface area contributed by atoms with Gasteiger partial charge in [-0.2, -0.15) is 0 Å². The Balaban J connectivity index is 1.20. The maximum absolute atomic E-state index is 13.3. The van der Waals surface area contributed by atoms with Crippen molar-refractivity contribution in [1.29, 1.82) is 0 Å². The standard InChI is InChI=1S/C29H38FN3O4/c1-2-36-27(34)32-15-11-22(12-16-32)19-31-17-13-29(14-18-31)21-33(20-23-5-3-4-6-26(23)29)28(35)37-25-9-7-24(30)8-10-25/h3,5,7-10,22H,2,4,6,11-21H2,1H3. The average Bonchev–Trinajstić information content (AvgIpc) is 2.92. The number of ether oxygens (including phenoxy) is 2. The van der Waals surface area contributed by atoms with Gasteiger partial charge in [0.2, 0.25) is 0 Å². The van der Waals surface area contributed by atoms with Crippen LogP contribution < -0.4 is 4.74 Å². The Morgan fingerprint density at radius 2 is 1.76 bits per heavy atom. The summed E-state index contributed by atoms with van der Waals surface area (Å²) in [7, 11) is 0. The van der Waals surface area contributed by atoms with Crippen LogP contribution in [0.2, 0.25) is 0 Å². The van der Waals surface area contributed by atoms with Gasteiger partial charge in [0.1, 0.15) is 11.6 Å². The molecule has 3 heterocycles. The van der Waals surface area contributed by atoms with Gasteiger partial charge in [-0.15, -0.1) is 0 Å². The number of likely N-dealkylation sites (tertiary alicyclic amines) is 2. The Morgan fingerprint density at radius 1 is 1.03 bits per heavy atom. The van der Waals surface area contributed by atoms with E-state index in [2.05, 4.69) is 17.1 Å². The van der Waals surface area contributed by atoms with E-state index in [1.54, 1.807) is 0 Å². The van der Waals surface area contributed by atoms with Crippen LogP contribution >= 0.6 is 0 Å². The van der Waals surface area contributed by atoms with Crippen LogP contribution in [0.3, 0.4) is 0 Å². The van der Waals surface area contributed by atoms with Gasteiger partial charge in [0.25, 0.3) is 0 Å². The number of carbonyl (C=O) groups excluding carboxylic acids is 2. The first-order valence-electron chi connectivity index (χ1n) is 13.7. The smallest absolute Gasteiger partial charge is 0.415 e. The molecule has 0 radical (unpaired) electrons. The molecule has 1 aromatic rings. The summed E-state index contributed by atoms with van der Waals surface area (Å²) in [5.41, 5.74) is 2.78. The number of rotatable bonds is 4. The summed E-state index contributed by atoms with van der Waals surface area (Å²) in [4.78, 5) is 31.4. The second-order valence-electron chi connectivity index (χ2n) is 10.8. The van der Waals surface area contributed by atoms with Crippen LogP contribution in [0.1, 0.15) is 45.4 Å². The molecule has 37 heavy (non-hydrogen) atoms. The van der Waals surface area contributed by atoms with E-state index in [4.69, 9.17) is 9.47 Å². The predicted octanol–water partition coefficient (Wildman–Crippen LogP) is 5.24. The predicted molar refractivity (Wildman–Crippen MR) is 139 cm³/mol. The van der Waals surface area contributed by atoms with Gasteiger partial charge >= 0.3 is 12.2 Å². The van der Waals surface area contributed by atoms with Crippen LogP contribution in [0.4, 0.5) is 14.0 Å². The second-order valence-corrected chi connectivity index (χ2v) is 10.8. The van der Waals surface area contributed by atoms with Gasteiger partial charge in [-0.25, -0.2) is 14.0 Å². The van der Waals surface area contributed by atoms with Crippen LogP contribution in [0, 0.1) is 17.2 Å². The van der Waals surface area contributed by atoms with Crippen molar-refractivity contribution in [3.8, 4) is 5.75 Å². The molecule has 7 nitrogen and oxygen atoms in total. The van der Waals surface area contributed by atoms with Crippen molar-refractivity contribution in [1.82, 2.24) is 14.7 Å². The fraction of sp³-hybridized carbons (Fsp3) is 0.586. The zero-order valence-electron chi connectivity index (χ0n) is 21.8. The first-order valence-corrected chi connectivity index (χ1v) is 13.7. The van der Waals surface area contributed by atoms with Crippen LogP contribution in [0.25, 0.3) is 0 Å². The summed E-state index contributed by atoms with van der Waals surface area (Å²) in [5.74, 6) is 0.610. The molecule has 0 N–H and O–H groups in total. The van der Waals surface area contributed by atoms with Crippen LogP contribution in [-0.2, 0) is 4.74 Å². The molecule has 2 saturated heterocycles. The van der Waals surface area contributed by atoms with E-state index in [9.17, 15) is 14.0 Å². The Morgan fingerprint density at radius 3 is 2.46 bits per heavy atom. The molecule has 0 unspecified atom stereocenters. The Hall–Kier alpha value is -2.87. The van der Waals surface area contributed by atoms with Gasteiger partial charge in [0.15, 0.2) is 0 Å². The van der Waals surface area contributed by atoms with Gasteiger partial charge in [0.05, 0.1) is 6.61 Å². The summed E-state index contributed by atoms with van der Waals surface area (Å²) in [6, 6.07) is 5.60. The van der Waals surface area contributed by atoms with E-state index in [1.165, 1.54) is 35.4 Å². The highest BCUT2D eigenvalue weighted by molar-refractivity contribution is 5.72. The van der Waals surface area contributed by atoms with Gasteiger partial charge in [-0.05, 0) is 94.3 Å². The van der Waals surface area contributed by atoms with Crippen molar-refractivity contribution in [3.63, 3.8) is 0 Å². The zero-order chi connectivity index (χ0) is 25.8. The number of hydrogen-bond acceptors (Lipinski definition) is 5. The lowest BCUT2D eigenvalue weighted by atomic mass is 9.66. The quantitative estimate of drug-likeness (QED) is 0.554. The SMILES string of the molecule is CCOC(=O)N1CCC(CN2CCC3(CC2)CN(C(=O)Oc2ccc(F)cc2)CC2=C3CCC=C2)CC1. The van der Waals surface area contributed by atoms with E-state index in [0.717, 1.165) is 71.2 Å². The number of allylic oxidation sites excluding steroid dienone is 1. The van der Waals surface area contributed by atoms with Crippen molar-refractivity contribution in [3.05, 3.63) is 53.4 Å². The normalized spacial score (nSPS) is 22.2. The minimum Gasteiger partial charge on any atom is -0.450 e. The molecule has 1 spiro atoms. The Bertz CT molecular complexity index is 1040. The molecule has 2 fully saturated rings. The molecule has 0 saturated carbocycles. The Labute approximate surface area is 218 Å². The maximum atomic E-state index is 13.3. The number of benzene rings is 1. The number of hydrogen-bond donors (Lipinski definition) is 0. The maximum Gasteiger partial charge on any atom is 0.415 e. The Kier molecular flexibility index (Phi) is 7.84. The molecule has 1 aliphatic carbocycles. The zero-order valence-corrected chi connectivity index (χ0v) is 21.8. The van der Waals surface area contributed by atoms with E-state index < -0.39 is 0 Å². The molecule has 3 aliphatic heterocycles. The lowest BCUT2D eigenvalue weighted by molar-refractivity contribution is 0.0569. The molecule has 0 bridgehead atoms. The third-order valence-corrected chi connectivity index (χ3v) is 8.51. The topological polar surface area (TPSA) is 62.3 Å². The highest BCUT2D eigenvalue weighted by Crippen LogP contribution is 2.47. The van der Waals surface area contributed by atoms with Crippen molar-refractivity contribution >= 4 is 12.2 Å². The number of nitrogens with zero attached hydrogens (tertiary/aromatic N) is 3. The van der Waals surface area contributed by atoms with Crippen molar-refractivity contribution in [2.45, 2.75) is 45.4 Å². The highest BCUT2D eigenvalue weighted by Gasteiger charge is 2.45. The molecule has 5 rings (SSSR count). The fourth-order valence-corrected chi connectivity index (χ4v) is 6.49. The third-order valence-electron chi connectivity index (χ3n) is 8.51. The minimum absolute atomic E-state index is 0.00999. The van der Waals surface area contributed by atoms with E-state index in [0.29, 0.717) is 31.4 Å². The highest BCUT2D eigenvalue weighted by atomic mass is 19.1. The van der Waals surface area contributed by atoms with E-state index in [1.807, 2.05) is 16.7 Å². The van der Waals surface area contributed by atoms with Gasteiger partial charge in [-0.1, -0.05) is 17.7 Å². The summed E-state index contributed by atoms with van der Waals surface area (Å²) >= 11 is 0. The molecule has 4 aliphatic rings. The number of piperidine rings is 2. The first-order chi connectivity index (χ1) is 18.0. The number of fused-ring (bicyclic) bond motifs is 1. The molecular weight excluding hydrogens is 473 g/mol. The lowest BCUT2D eigenvalue weighted by Crippen LogP contribution is -2.53. The van der Waals surface area contributed by atoms with E-state index >= 15 is 0 Å². The second kappa shape index (κ2) is 11.3. The number of carbonyl (C=O) groups is 2. The summed E-state index contributed by atoms with van der Waals surface area (Å²) in [5, 5.41) is 0.